The van der Waals surface area contributed by atoms with E-state index in [1.54, 1.807) is 18.2 Å². The van der Waals surface area contributed by atoms with E-state index in [9.17, 15) is 8.42 Å². The van der Waals surface area contributed by atoms with Gasteiger partial charge < -0.3 is 5.73 Å². The molecule has 0 atom stereocenters. The van der Waals surface area contributed by atoms with Gasteiger partial charge in [0, 0.05) is 12.6 Å². The molecule has 1 aromatic rings. The summed E-state index contributed by atoms with van der Waals surface area (Å²) in [7, 11) is -3.41. The number of rotatable bonds is 6. The molecule has 0 radical (unpaired) electrons. The smallest absolute Gasteiger partial charge is 0.240 e. The van der Waals surface area contributed by atoms with Gasteiger partial charge in [-0.3, -0.25) is 0 Å². The van der Waals surface area contributed by atoms with Crippen molar-refractivity contribution < 1.29 is 8.42 Å². The van der Waals surface area contributed by atoms with Gasteiger partial charge in [0.15, 0.2) is 0 Å². The molecular formula is C14H20N2O2S. The summed E-state index contributed by atoms with van der Waals surface area (Å²) in [5, 5.41) is 0. The van der Waals surface area contributed by atoms with Crippen molar-refractivity contribution in [3.8, 4) is 0 Å². The Morgan fingerprint density at radius 3 is 2.37 bits per heavy atom. The maximum absolute atomic E-state index is 12.4. The van der Waals surface area contributed by atoms with Crippen molar-refractivity contribution in [1.29, 1.82) is 0 Å². The van der Waals surface area contributed by atoms with E-state index in [-0.39, 0.29) is 6.04 Å². The largest absolute Gasteiger partial charge is 0.326 e. The Bertz CT molecular complexity index is 551. The highest BCUT2D eigenvalue weighted by atomic mass is 32.2. The molecule has 3 N–H and O–H groups in total. The molecule has 0 spiro atoms. The first-order chi connectivity index (χ1) is 9.10. The van der Waals surface area contributed by atoms with Crippen molar-refractivity contribution in [1.82, 2.24) is 4.72 Å². The summed E-state index contributed by atoms with van der Waals surface area (Å²) in [5.41, 5.74) is 6.41. The average molecular weight is 280 g/mol. The number of hydrogen-bond acceptors (Lipinski definition) is 3. The molecule has 0 heterocycles. The van der Waals surface area contributed by atoms with Gasteiger partial charge in [0.2, 0.25) is 10.0 Å². The summed E-state index contributed by atoms with van der Waals surface area (Å²) in [4.78, 5) is 0.335. The van der Waals surface area contributed by atoms with Crippen LogP contribution in [-0.2, 0) is 16.6 Å². The summed E-state index contributed by atoms with van der Waals surface area (Å²) in [6, 6.07) is 7.04. The van der Waals surface area contributed by atoms with Gasteiger partial charge in [0.05, 0.1) is 4.90 Å². The fourth-order valence-electron chi connectivity index (χ4n) is 2.57. The molecule has 2 fully saturated rings. The Labute approximate surface area is 114 Å². The van der Waals surface area contributed by atoms with Crippen LogP contribution in [0.25, 0.3) is 0 Å². The maximum Gasteiger partial charge on any atom is 0.240 e. The summed E-state index contributed by atoms with van der Waals surface area (Å²) in [6.45, 7) is 0.359. The van der Waals surface area contributed by atoms with Crippen LogP contribution >= 0.6 is 0 Å². The number of benzene rings is 1. The molecule has 1 aromatic carbocycles. The third-order valence-corrected chi connectivity index (χ3v) is 5.45. The van der Waals surface area contributed by atoms with Crippen LogP contribution in [0.1, 0.15) is 31.2 Å². The second kappa shape index (κ2) is 4.89. The topological polar surface area (TPSA) is 72.2 Å². The van der Waals surface area contributed by atoms with Crippen molar-refractivity contribution in [2.45, 2.75) is 43.2 Å². The van der Waals surface area contributed by atoms with Gasteiger partial charge in [0.1, 0.15) is 0 Å². The fraction of sp³-hybridized carbons (Fsp3) is 0.571. The lowest BCUT2D eigenvalue weighted by molar-refractivity contribution is 0.471. The summed E-state index contributed by atoms with van der Waals surface area (Å²) in [5.74, 6) is 1.11. The third-order valence-electron chi connectivity index (χ3n) is 4.00. The second-order valence-electron chi connectivity index (χ2n) is 5.67. The minimum Gasteiger partial charge on any atom is -0.326 e. The molecule has 104 valence electrons. The number of nitrogens with one attached hydrogen (secondary N) is 1. The van der Waals surface area contributed by atoms with Crippen molar-refractivity contribution in [3.63, 3.8) is 0 Å². The molecule has 0 aromatic heterocycles. The van der Waals surface area contributed by atoms with Crippen LogP contribution in [0.2, 0.25) is 0 Å². The highest BCUT2D eigenvalue weighted by Crippen LogP contribution is 2.45. The lowest BCUT2D eigenvalue weighted by Crippen LogP contribution is -2.38. The van der Waals surface area contributed by atoms with Gasteiger partial charge in [-0.25, -0.2) is 13.1 Å². The molecule has 2 saturated carbocycles. The van der Waals surface area contributed by atoms with E-state index in [1.165, 1.54) is 0 Å². The van der Waals surface area contributed by atoms with E-state index in [2.05, 4.69) is 4.72 Å². The van der Waals surface area contributed by atoms with Gasteiger partial charge in [-0.2, -0.15) is 0 Å². The molecule has 5 heteroatoms. The monoisotopic (exact) mass is 280 g/mol. The Morgan fingerprint density at radius 1 is 1.21 bits per heavy atom. The van der Waals surface area contributed by atoms with Crippen LogP contribution in [0.15, 0.2) is 29.2 Å². The van der Waals surface area contributed by atoms with Gasteiger partial charge in [-0.1, -0.05) is 12.1 Å². The maximum atomic E-state index is 12.4. The fourth-order valence-corrected chi connectivity index (χ4v) is 4.02. The zero-order valence-electron chi connectivity index (χ0n) is 10.9. The van der Waals surface area contributed by atoms with Gasteiger partial charge >= 0.3 is 0 Å². The van der Waals surface area contributed by atoms with Crippen LogP contribution < -0.4 is 10.5 Å². The van der Waals surface area contributed by atoms with Gasteiger partial charge in [-0.05, 0) is 55.2 Å². The molecule has 0 unspecified atom stereocenters. The number of sulfonamides is 1. The van der Waals surface area contributed by atoms with Crippen LogP contribution in [0, 0.1) is 11.8 Å². The standard InChI is InChI=1S/C14H20N2O2S/c15-9-10-2-1-3-13(8-10)19(17,18)16-14(11-4-5-11)12-6-7-12/h1-3,8,11-12,14,16H,4-7,9,15H2. The third kappa shape index (κ3) is 2.99. The van der Waals surface area contributed by atoms with Crippen molar-refractivity contribution >= 4 is 10.0 Å². The molecule has 0 bridgehead atoms. The van der Waals surface area contributed by atoms with E-state index >= 15 is 0 Å². The van der Waals surface area contributed by atoms with Crippen molar-refractivity contribution in [2.24, 2.45) is 17.6 Å². The molecule has 0 amide bonds. The number of hydrogen-bond donors (Lipinski definition) is 2. The first-order valence-electron chi connectivity index (χ1n) is 6.91. The summed E-state index contributed by atoms with van der Waals surface area (Å²) in [6.07, 6.45) is 4.64. The molecule has 19 heavy (non-hydrogen) atoms. The molecule has 0 aliphatic heterocycles. The summed E-state index contributed by atoms with van der Waals surface area (Å²) < 4.78 is 27.8. The van der Waals surface area contributed by atoms with E-state index in [0.29, 0.717) is 23.3 Å². The Morgan fingerprint density at radius 2 is 1.84 bits per heavy atom. The van der Waals surface area contributed by atoms with E-state index in [1.807, 2.05) is 6.07 Å². The van der Waals surface area contributed by atoms with E-state index in [4.69, 9.17) is 5.73 Å². The predicted octanol–water partition coefficient (Wildman–Crippen LogP) is 1.61. The molecule has 2 aliphatic carbocycles. The molecule has 2 aliphatic rings. The average Bonchev–Trinajstić information content (AvgIpc) is 3.29. The molecular weight excluding hydrogens is 260 g/mol. The Hall–Kier alpha value is -0.910. The predicted molar refractivity (Wildman–Crippen MR) is 73.9 cm³/mol. The first-order valence-corrected chi connectivity index (χ1v) is 8.40. The van der Waals surface area contributed by atoms with Crippen molar-refractivity contribution in [2.75, 3.05) is 0 Å². The Balaban J connectivity index is 1.80. The zero-order valence-corrected chi connectivity index (χ0v) is 11.7. The lowest BCUT2D eigenvalue weighted by Gasteiger charge is -2.18. The number of nitrogens with two attached hydrogens (primary N) is 1. The zero-order chi connectivity index (χ0) is 13.5. The van der Waals surface area contributed by atoms with Crippen LogP contribution in [0.5, 0.6) is 0 Å². The van der Waals surface area contributed by atoms with E-state index in [0.717, 1.165) is 31.2 Å². The SMILES string of the molecule is NCc1cccc(S(=O)(=O)NC(C2CC2)C2CC2)c1. The first kappa shape index (κ1) is 13.1. The lowest BCUT2D eigenvalue weighted by atomic mass is 10.1. The summed E-state index contributed by atoms with van der Waals surface area (Å²) >= 11 is 0. The minimum absolute atomic E-state index is 0.145. The highest BCUT2D eigenvalue weighted by Gasteiger charge is 2.43. The Kier molecular flexibility index (Phi) is 3.37. The molecule has 4 nitrogen and oxygen atoms in total. The van der Waals surface area contributed by atoms with Crippen LogP contribution in [-0.4, -0.2) is 14.5 Å². The molecule has 3 rings (SSSR count). The van der Waals surface area contributed by atoms with Gasteiger partial charge in [-0.15, -0.1) is 0 Å². The van der Waals surface area contributed by atoms with Crippen molar-refractivity contribution in [3.05, 3.63) is 29.8 Å². The minimum atomic E-state index is -3.41. The highest BCUT2D eigenvalue weighted by molar-refractivity contribution is 7.89. The van der Waals surface area contributed by atoms with Crippen LogP contribution in [0.4, 0.5) is 0 Å². The quantitative estimate of drug-likeness (QED) is 0.831. The second-order valence-corrected chi connectivity index (χ2v) is 7.39. The van der Waals surface area contributed by atoms with Crippen LogP contribution in [0.3, 0.4) is 0 Å². The molecule has 0 saturated heterocycles. The normalized spacial score (nSPS) is 19.9. The van der Waals surface area contributed by atoms with Gasteiger partial charge in [0.25, 0.3) is 0 Å². The van der Waals surface area contributed by atoms with E-state index < -0.39 is 10.0 Å².